The Balaban J connectivity index is 1.17. The lowest BCUT2D eigenvalue weighted by Gasteiger charge is -2.58. The van der Waals surface area contributed by atoms with E-state index < -0.39 is 6.09 Å². The third kappa shape index (κ3) is 5.61. The van der Waals surface area contributed by atoms with E-state index in [0.29, 0.717) is 5.41 Å². The molecule has 5 rings (SSSR count). The van der Waals surface area contributed by atoms with Crippen LogP contribution in [0.2, 0.25) is 0 Å². The Morgan fingerprint density at radius 1 is 0.974 bits per heavy atom. The quantitative estimate of drug-likeness (QED) is 0.257. The van der Waals surface area contributed by atoms with Crippen LogP contribution in [-0.4, -0.2) is 18.1 Å². The molecule has 0 heterocycles. The van der Waals surface area contributed by atoms with Crippen molar-refractivity contribution in [2.75, 3.05) is 0 Å². The number of hydrogen-bond acceptors (Lipinski definition) is 3. The van der Waals surface area contributed by atoms with Gasteiger partial charge in [-0.25, -0.2) is 10.2 Å². The van der Waals surface area contributed by atoms with Gasteiger partial charge in [0.15, 0.2) is 0 Å². The fourth-order valence-corrected chi connectivity index (χ4v) is 9.74. The molecule has 0 unspecified atom stereocenters. The number of fused-ring (bicyclic) bond motifs is 5. The Morgan fingerprint density at radius 3 is 2.49 bits per heavy atom. The molecular weight excluding hydrogens is 484 g/mol. The molecule has 5 aliphatic carbocycles. The monoisotopic (exact) mass is 536 g/mol. The van der Waals surface area contributed by atoms with Crippen LogP contribution in [0.15, 0.2) is 36.0 Å². The van der Waals surface area contributed by atoms with Gasteiger partial charge in [-0.2, -0.15) is 0 Å². The largest absolute Gasteiger partial charge is 0.445 e. The molecular formula is C34H52N2O3. The zero-order chi connectivity index (χ0) is 27.8. The van der Waals surface area contributed by atoms with Gasteiger partial charge in [-0.15, -0.1) is 0 Å². The Hall–Kier alpha value is -2.04. The summed E-state index contributed by atoms with van der Waals surface area (Å²) in [5.41, 5.74) is 7.18. The molecule has 0 aromatic rings. The number of allylic oxidation sites excluding steroid dienone is 3. The normalized spacial score (nSPS) is 38.0. The first kappa shape index (κ1) is 28.5. The van der Waals surface area contributed by atoms with E-state index in [2.05, 4.69) is 51.5 Å². The zero-order valence-corrected chi connectivity index (χ0v) is 25.0. The number of ether oxygens (including phenoxy) is 1. The summed E-state index contributed by atoms with van der Waals surface area (Å²) in [5.74, 6) is 4.38. The van der Waals surface area contributed by atoms with Gasteiger partial charge in [-0.1, -0.05) is 89.8 Å². The first-order valence-corrected chi connectivity index (χ1v) is 15.9. The lowest BCUT2D eigenvalue weighted by atomic mass is 9.47. The summed E-state index contributed by atoms with van der Waals surface area (Å²) in [6, 6.07) is 0. The van der Waals surface area contributed by atoms with Crippen LogP contribution in [0.25, 0.3) is 0 Å². The lowest BCUT2D eigenvalue weighted by molar-refractivity contribution is -0.123. The average molecular weight is 537 g/mol. The van der Waals surface area contributed by atoms with Crippen LogP contribution in [0.5, 0.6) is 0 Å². The fraction of sp³-hybridized carbons (Fsp3) is 0.765. The van der Waals surface area contributed by atoms with E-state index in [1.165, 1.54) is 56.9 Å². The first-order chi connectivity index (χ1) is 18.6. The van der Waals surface area contributed by atoms with Gasteiger partial charge in [0.25, 0.3) is 0 Å². The van der Waals surface area contributed by atoms with Gasteiger partial charge in [-0.3, -0.25) is 10.2 Å². The van der Waals surface area contributed by atoms with Gasteiger partial charge in [0.1, 0.15) is 6.10 Å². The minimum atomic E-state index is -0.565. The summed E-state index contributed by atoms with van der Waals surface area (Å²) in [6.45, 7) is 12.4. The molecule has 5 aliphatic rings. The lowest BCUT2D eigenvalue weighted by Crippen LogP contribution is -2.51. The summed E-state index contributed by atoms with van der Waals surface area (Å²) >= 11 is 0. The highest BCUT2D eigenvalue weighted by molar-refractivity contribution is 5.84. The molecule has 39 heavy (non-hydrogen) atoms. The molecule has 5 heteroatoms. The highest BCUT2D eigenvalue weighted by Crippen LogP contribution is 2.67. The molecule has 216 valence electrons. The Kier molecular flexibility index (Phi) is 8.36. The predicted molar refractivity (Wildman–Crippen MR) is 156 cm³/mol. The second kappa shape index (κ2) is 11.4. The number of rotatable bonds is 7. The minimum absolute atomic E-state index is 0.125. The van der Waals surface area contributed by atoms with Crippen molar-refractivity contribution in [1.29, 1.82) is 0 Å². The third-order valence-electron chi connectivity index (χ3n) is 11.9. The van der Waals surface area contributed by atoms with Crippen LogP contribution in [0, 0.1) is 52.3 Å². The molecule has 0 saturated heterocycles. The maximum atomic E-state index is 12.4. The topological polar surface area (TPSA) is 67.4 Å². The van der Waals surface area contributed by atoms with Crippen LogP contribution < -0.4 is 10.9 Å². The number of carbonyl (C=O) groups is 2. The van der Waals surface area contributed by atoms with Crippen molar-refractivity contribution in [2.24, 2.45) is 52.3 Å². The van der Waals surface area contributed by atoms with E-state index in [1.807, 2.05) is 12.2 Å². The summed E-state index contributed by atoms with van der Waals surface area (Å²) in [6.07, 6.45) is 22.8. The van der Waals surface area contributed by atoms with Crippen molar-refractivity contribution < 1.29 is 14.3 Å². The molecule has 2 amide bonds. The fourth-order valence-electron chi connectivity index (χ4n) is 9.74. The highest BCUT2D eigenvalue weighted by atomic mass is 16.6. The Bertz CT molecular complexity index is 1000. The highest BCUT2D eigenvalue weighted by Gasteiger charge is 2.59. The molecule has 0 aromatic heterocycles. The van der Waals surface area contributed by atoms with Gasteiger partial charge >= 0.3 is 6.09 Å². The second-order valence-corrected chi connectivity index (χ2v) is 14.5. The summed E-state index contributed by atoms with van der Waals surface area (Å²) < 4.78 is 5.77. The molecule has 2 N–H and O–H groups in total. The molecule has 5 nitrogen and oxygen atoms in total. The minimum Gasteiger partial charge on any atom is -0.445 e. The average Bonchev–Trinajstić information content (AvgIpc) is 3.55. The maximum absolute atomic E-state index is 12.4. The molecule has 0 aliphatic heterocycles. The third-order valence-corrected chi connectivity index (χ3v) is 11.9. The van der Waals surface area contributed by atoms with E-state index >= 15 is 0 Å². The van der Waals surface area contributed by atoms with Crippen molar-refractivity contribution in [3.63, 3.8) is 0 Å². The van der Waals surface area contributed by atoms with Gasteiger partial charge < -0.3 is 4.74 Å². The van der Waals surface area contributed by atoms with E-state index in [9.17, 15) is 9.59 Å². The summed E-state index contributed by atoms with van der Waals surface area (Å²) in [7, 11) is 0. The van der Waals surface area contributed by atoms with Crippen molar-refractivity contribution in [1.82, 2.24) is 10.9 Å². The zero-order valence-electron chi connectivity index (χ0n) is 25.0. The maximum Gasteiger partial charge on any atom is 0.426 e. The predicted octanol–water partition coefficient (Wildman–Crippen LogP) is 7.90. The van der Waals surface area contributed by atoms with E-state index in [0.717, 1.165) is 54.8 Å². The molecule has 0 radical (unpaired) electrons. The standard InChI is InChI=1S/C34H52N2O3/c1-22(2)9-8-10-23(3)28-15-16-29-27-14-13-25-21-26(17-19-33(25,4)30(27)18-20-34(28,29)5)39-32(38)36-35-31(37)24-11-6-7-12-24/h6-7,11-13,22-24,26-30H,8-10,14-21H2,1-5H3,(H,35,37)(H,36,38)/t23-,26+,27+,28-,29+,30+,33+,34-/m1/s1. The number of carbonyl (C=O) groups excluding carboxylic acids is 2. The molecule has 0 aromatic carbocycles. The summed E-state index contributed by atoms with van der Waals surface area (Å²) in [5, 5.41) is 0. The number of hydrogen-bond donors (Lipinski definition) is 2. The van der Waals surface area contributed by atoms with Crippen molar-refractivity contribution in [2.45, 2.75) is 111 Å². The van der Waals surface area contributed by atoms with Crippen molar-refractivity contribution in [3.05, 3.63) is 36.0 Å². The van der Waals surface area contributed by atoms with Gasteiger partial charge in [0.05, 0.1) is 5.92 Å². The Labute approximate surface area is 236 Å². The first-order valence-electron chi connectivity index (χ1n) is 15.9. The second-order valence-electron chi connectivity index (χ2n) is 14.5. The van der Waals surface area contributed by atoms with Crippen molar-refractivity contribution >= 4 is 12.0 Å². The van der Waals surface area contributed by atoms with E-state index in [1.54, 1.807) is 12.2 Å². The van der Waals surface area contributed by atoms with Crippen molar-refractivity contribution in [3.8, 4) is 0 Å². The number of hydrazine groups is 1. The molecule has 0 bridgehead atoms. The van der Waals surface area contributed by atoms with Crippen LogP contribution in [0.1, 0.15) is 105 Å². The van der Waals surface area contributed by atoms with E-state index in [4.69, 9.17) is 4.74 Å². The number of amides is 2. The number of nitrogens with one attached hydrogen (secondary N) is 2. The van der Waals surface area contributed by atoms with Crippen LogP contribution in [0.4, 0.5) is 4.79 Å². The molecule has 3 fully saturated rings. The van der Waals surface area contributed by atoms with Gasteiger partial charge in [0.2, 0.25) is 5.91 Å². The van der Waals surface area contributed by atoms with Crippen LogP contribution in [0.3, 0.4) is 0 Å². The molecule has 0 spiro atoms. The van der Waals surface area contributed by atoms with Gasteiger partial charge in [-0.05, 0) is 91.3 Å². The summed E-state index contributed by atoms with van der Waals surface area (Å²) in [4.78, 5) is 24.6. The van der Waals surface area contributed by atoms with Crippen LogP contribution in [-0.2, 0) is 9.53 Å². The van der Waals surface area contributed by atoms with Gasteiger partial charge in [0, 0.05) is 6.42 Å². The van der Waals surface area contributed by atoms with Crippen LogP contribution >= 0.6 is 0 Å². The smallest absolute Gasteiger partial charge is 0.426 e. The van der Waals surface area contributed by atoms with E-state index in [-0.39, 0.29) is 23.3 Å². The SMILES string of the molecule is CC(C)CCC[C@@H](C)[C@H]1CC[C@H]2[C@@H]3CC=C4C[C@@H](OC(=O)NNC(=O)C5C=CC=C5)CC[C@]4(C)[C@H]3CC[C@]12C. The molecule has 3 saturated carbocycles. The molecule has 8 atom stereocenters. The Morgan fingerprint density at radius 2 is 1.74 bits per heavy atom.